The molecule has 1 atom stereocenters. The molecule has 1 aromatic carbocycles. The van der Waals surface area contributed by atoms with Crippen molar-refractivity contribution < 1.29 is 14.2 Å². The highest BCUT2D eigenvalue weighted by molar-refractivity contribution is 5.78. The number of methoxy groups -OCH3 is 1. The summed E-state index contributed by atoms with van der Waals surface area (Å²) in [7, 11) is 3.12. The average Bonchev–Trinajstić information content (AvgIpc) is 2.36. The van der Waals surface area contributed by atoms with Gasteiger partial charge in [0.2, 0.25) is 0 Å². The fourth-order valence-corrected chi connectivity index (χ4v) is 2.39. The monoisotopic (exact) mass is 321 g/mol. The Morgan fingerprint density at radius 2 is 1.48 bits per heavy atom. The Balaban J connectivity index is 3.70. The molecule has 0 saturated heterocycles. The molecule has 0 aromatic heterocycles. The van der Waals surface area contributed by atoms with E-state index in [9.17, 15) is 5.21 Å². The molecule has 0 bridgehead atoms. The van der Waals surface area contributed by atoms with Crippen LogP contribution in [-0.2, 0) is 15.6 Å². The number of hydroxylamine groups is 1. The Hall–Kier alpha value is -1.55. The molecule has 4 heteroatoms. The molecule has 23 heavy (non-hydrogen) atoms. The Kier molecular flexibility index (Phi) is 5.86. The van der Waals surface area contributed by atoms with E-state index in [0.29, 0.717) is 0 Å². The molecule has 0 heterocycles. The van der Waals surface area contributed by atoms with Crippen molar-refractivity contribution in [1.29, 1.82) is 0 Å². The minimum Gasteiger partial charge on any atom is -0.624 e. The van der Waals surface area contributed by atoms with Gasteiger partial charge in [-0.1, -0.05) is 41.5 Å². The largest absolute Gasteiger partial charge is 0.624 e. The smallest absolute Gasteiger partial charge is 0.196 e. The van der Waals surface area contributed by atoms with Crippen LogP contribution in [0.15, 0.2) is 12.1 Å². The highest BCUT2D eigenvalue weighted by Crippen LogP contribution is 2.41. The van der Waals surface area contributed by atoms with Gasteiger partial charge in [-0.25, -0.2) is 4.74 Å². The Labute approximate surface area is 140 Å². The van der Waals surface area contributed by atoms with Gasteiger partial charge in [0, 0.05) is 23.8 Å². The van der Waals surface area contributed by atoms with E-state index in [1.54, 1.807) is 13.3 Å². The van der Waals surface area contributed by atoms with E-state index in [0.717, 1.165) is 27.2 Å². The zero-order valence-electron chi connectivity index (χ0n) is 16.0. The summed E-state index contributed by atoms with van der Waals surface area (Å²) in [5.74, 6) is 0.852. The molecule has 0 amide bonds. The summed E-state index contributed by atoms with van der Waals surface area (Å²) in [5.41, 5.74) is 2.79. The number of ether oxygens (including phenoxy) is 2. The Morgan fingerprint density at radius 3 is 1.78 bits per heavy atom. The van der Waals surface area contributed by atoms with Crippen molar-refractivity contribution in [2.75, 3.05) is 14.2 Å². The fourth-order valence-electron chi connectivity index (χ4n) is 2.39. The minimum absolute atomic E-state index is 0.117. The van der Waals surface area contributed by atoms with Crippen LogP contribution < -0.4 is 4.74 Å². The van der Waals surface area contributed by atoms with Gasteiger partial charge in [-0.3, -0.25) is 0 Å². The van der Waals surface area contributed by atoms with Crippen LogP contribution in [-0.4, -0.2) is 31.4 Å². The maximum atomic E-state index is 11.5. The lowest BCUT2D eigenvalue weighted by atomic mass is 9.78. The van der Waals surface area contributed by atoms with E-state index in [-0.39, 0.29) is 17.1 Å². The first-order chi connectivity index (χ1) is 10.4. The minimum atomic E-state index is -0.339. The normalized spacial score (nSPS) is 14.7. The van der Waals surface area contributed by atoms with Crippen molar-refractivity contribution in [2.45, 2.75) is 65.6 Å². The van der Waals surface area contributed by atoms with Gasteiger partial charge in [-0.15, -0.1) is 0 Å². The van der Waals surface area contributed by atoms with Gasteiger partial charge < -0.3 is 14.7 Å². The lowest BCUT2D eigenvalue weighted by molar-refractivity contribution is -0.416. The predicted octanol–water partition coefficient (Wildman–Crippen LogP) is 4.21. The van der Waals surface area contributed by atoms with Crippen LogP contribution in [0, 0.1) is 5.21 Å². The molecule has 1 unspecified atom stereocenters. The number of benzene rings is 1. The lowest BCUT2D eigenvalue weighted by Crippen LogP contribution is -2.24. The molecule has 0 aliphatic rings. The van der Waals surface area contributed by atoms with Crippen molar-refractivity contribution in [3.8, 4) is 5.75 Å². The first kappa shape index (κ1) is 19.5. The standard InChI is InChI=1S/C19H31NO3/c1-13(22-9)23-17-15(18(2,3)4)10-14(12-20(8)21)11-16(17)19(5,6)7/h10-13H,1-9H3/b20-12-. The molecule has 1 rings (SSSR count). The first-order valence-electron chi connectivity index (χ1n) is 7.99. The van der Waals surface area contributed by atoms with Gasteiger partial charge in [-0.05, 0) is 29.9 Å². The van der Waals surface area contributed by atoms with Gasteiger partial charge in [0.05, 0.1) is 0 Å². The van der Waals surface area contributed by atoms with Gasteiger partial charge in [-0.2, -0.15) is 0 Å². The number of nitrogens with zero attached hydrogens (tertiary/aromatic N) is 1. The fraction of sp³-hybridized carbons (Fsp3) is 0.632. The summed E-state index contributed by atoms with van der Waals surface area (Å²) < 4.78 is 12.2. The van der Waals surface area contributed by atoms with Crippen LogP contribution in [0.4, 0.5) is 0 Å². The van der Waals surface area contributed by atoms with E-state index in [1.165, 1.54) is 7.05 Å². The molecule has 4 nitrogen and oxygen atoms in total. The van der Waals surface area contributed by atoms with Crippen LogP contribution in [0.2, 0.25) is 0 Å². The van der Waals surface area contributed by atoms with Crippen LogP contribution >= 0.6 is 0 Å². The molecule has 0 aliphatic heterocycles. The second-order valence-corrected chi connectivity index (χ2v) is 8.04. The molecule has 0 N–H and O–H groups in total. The topological polar surface area (TPSA) is 44.5 Å². The van der Waals surface area contributed by atoms with Crippen molar-refractivity contribution in [2.24, 2.45) is 0 Å². The Bertz CT molecular complexity index is 538. The number of rotatable bonds is 4. The molecule has 0 radical (unpaired) electrons. The third-order valence-electron chi connectivity index (χ3n) is 3.67. The summed E-state index contributed by atoms with van der Waals surface area (Å²) in [6, 6.07) is 4.06. The zero-order chi connectivity index (χ0) is 18.0. The van der Waals surface area contributed by atoms with Crippen molar-refractivity contribution in [3.05, 3.63) is 34.0 Å². The molecule has 0 spiro atoms. The van der Waals surface area contributed by atoms with E-state index < -0.39 is 0 Å². The van der Waals surface area contributed by atoms with E-state index >= 15 is 0 Å². The zero-order valence-corrected chi connectivity index (χ0v) is 16.0. The molecule has 130 valence electrons. The van der Waals surface area contributed by atoms with Crippen LogP contribution in [0.25, 0.3) is 0 Å². The molecule has 0 saturated carbocycles. The van der Waals surface area contributed by atoms with Crippen LogP contribution in [0.1, 0.15) is 65.2 Å². The summed E-state index contributed by atoms with van der Waals surface area (Å²) >= 11 is 0. The predicted molar refractivity (Wildman–Crippen MR) is 95.7 cm³/mol. The number of hydrogen-bond acceptors (Lipinski definition) is 3. The van der Waals surface area contributed by atoms with Gasteiger partial charge in [0.15, 0.2) is 12.5 Å². The maximum absolute atomic E-state index is 11.5. The molecule has 0 aliphatic carbocycles. The molecular weight excluding hydrogens is 290 g/mol. The van der Waals surface area contributed by atoms with E-state index in [2.05, 4.69) is 41.5 Å². The lowest BCUT2D eigenvalue weighted by Gasteiger charge is -2.31. The van der Waals surface area contributed by atoms with Crippen molar-refractivity contribution in [3.63, 3.8) is 0 Å². The molecule has 0 fully saturated rings. The first-order valence-corrected chi connectivity index (χ1v) is 7.99. The summed E-state index contributed by atoms with van der Waals surface area (Å²) in [6.45, 7) is 14.7. The van der Waals surface area contributed by atoms with Crippen molar-refractivity contribution >= 4 is 6.21 Å². The van der Waals surface area contributed by atoms with E-state index in [4.69, 9.17) is 9.47 Å². The molecule has 1 aromatic rings. The maximum Gasteiger partial charge on any atom is 0.196 e. The summed E-state index contributed by atoms with van der Waals surface area (Å²) in [4.78, 5) is 0. The third kappa shape index (κ3) is 5.24. The third-order valence-corrected chi connectivity index (χ3v) is 3.67. The van der Waals surface area contributed by atoms with Crippen molar-refractivity contribution in [1.82, 2.24) is 0 Å². The van der Waals surface area contributed by atoms with Crippen LogP contribution in [0.3, 0.4) is 0 Å². The average molecular weight is 321 g/mol. The van der Waals surface area contributed by atoms with E-state index in [1.807, 2.05) is 19.1 Å². The summed E-state index contributed by atoms with van der Waals surface area (Å²) in [5, 5.41) is 11.5. The van der Waals surface area contributed by atoms with Gasteiger partial charge >= 0.3 is 0 Å². The quantitative estimate of drug-likeness (QED) is 0.274. The second-order valence-electron chi connectivity index (χ2n) is 8.04. The highest BCUT2D eigenvalue weighted by Gasteiger charge is 2.29. The van der Waals surface area contributed by atoms with Crippen LogP contribution in [0.5, 0.6) is 5.75 Å². The highest BCUT2D eigenvalue weighted by atomic mass is 16.7. The summed E-state index contributed by atoms with van der Waals surface area (Å²) in [6.07, 6.45) is 1.25. The Morgan fingerprint density at radius 1 is 1.04 bits per heavy atom. The molecular formula is C19H31NO3. The SMILES string of the molecule is COC(C)Oc1c(C(C)(C)C)cc(/C=[N+](/C)[O-])cc1C(C)(C)C. The second kappa shape index (κ2) is 6.91. The van der Waals surface area contributed by atoms with Gasteiger partial charge in [0.25, 0.3) is 0 Å². The van der Waals surface area contributed by atoms with Gasteiger partial charge in [0.1, 0.15) is 12.8 Å². The number of hydrogen-bond donors (Lipinski definition) is 0.